The van der Waals surface area contributed by atoms with E-state index in [4.69, 9.17) is 4.74 Å². The molecule has 18 heavy (non-hydrogen) atoms. The molecule has 1 N–H and O–H groups in total. The van der Waals surface area contributed by atoms with Gasteiger partial charge in [0.15, 0.2) is 0 Å². The summed E-state index contributed by atoms with van der Waals surface area (Å²) in [5.74, 6) is 0.594. The third-order valence-electron chi connectivity index (χ3n) is 2.38. The van der Waals surface area contributed by atoms with Gasteiger partial charge in [-0.1, -0.05) is 13.3 Å². The fourth-order valence-corrected chi connectivity index (χ4v) is 2.03. The Bertz CT molecular complexity index is 409. The summed E-state index contributed by atoms with van der Waals surface area (Å²) in [5, 5.41) is 13.8. The molecule has 0 radical (unpaired) electrons. The Morgan fingerprint density at radius 1 is 1.67 bits per heavy atom. The van der Waals surface area contributed by atoms with Crippen molar-refractivity contribution in [2.45, 2.75) is 25.8 Å². The van der Waals surface area contributed by atoms with Crippen LogP contribution in [0.5, 0.6) is 0 Å². The predicted molar refractivity (Wildman–Crippen MR) is 72.8 cm³/mol. The van der Waals surface area contributed by atoms with Crippen molar-refractivity contribution < 1.29 is 9.66 Å². The Hall–Kier alpha value is -1.21. The standard InChI is InChI=1S/C11H16BrN3O3/c1-3-4-8(7-18-2)14-11-10(12)5-9(6-13-11)15(16)17/h5-6,8H,3-4,7H2,1-2H3,(H,13,14). The van der Waals surface area contributed by atoms with Crippen LogP contribution >= 0.6 is 15.9 Å². The summed E-state index contributed by atoms with van der Waals surface area (Å²) in [4.78, 5) is 14.2. The first kappa shape index (κ1) is 14.8. The zero-order valence-corrected chi connectivity index (χ0v) is 11.9. The van der Waals surface area contributed by atoms with Crippen LogP contribution in [0.2, 0.25) is 0 Å². The first-order chi connectivity index (χ1) is 8.58. The van der Waals surface area contributed by atoms with Crippen LogP contribution in [0, 0.1) is 10.1 Å². The van der Waals surface area contributed by atoms with Gasteiger partial charge >= 0.3 is 0 Å². The van der Waals surface area contributed by atoms with Gasteiger partial charge in [-0.05, 0) is 22.4 Å². The Morgan fingerprint density at radius 2 is 2.39 bits per heavy atom. The number of aromatic nitrogens is 1. The lowest BCUT2D eigenvalue weighted by Crippen LogP contribution is -2.25. The van der Waals surface area contributed by atoms with Crippen molar-refractivity contribution in [2.75, 3.05) is 19.0 Å². The quantitative estimate of drug-likeness (QED) is 0.618. The maximum Gasteiger partial charge on any atom is 0.288 e. The lowest BCUT2D eigenvalue weighted by Gasteiger charge is -2.18. The highest BCUT2D eigenvalue weighted by Gasteiger charge is 2.14. The Labute approximate surface area is 114 Å². The van der Waals surface area contributed by atoms with Crippen LogP contribution in [0.15, 0.2) is 16.7 Å². The van der Waals surface area contributed by atoms with Crippen LogP contribution in [-0.4, -0.2) is 29.7 Å². The van der Waals surface area contributed by atoms with Gasteiger partial charge in [-0.3, -0.25) is 10.1 Å². The van der Waals surface area contributed by atoms with Gasteiger partial charge in [0, 0.05) is 13.2 Å². The SMILES string of the molecule is CCCC(COC)Nc1ncc([N+](=O)[O-])cc1Br. The number of methoxy groups -OCH3 is 1. The zero-order valence-electron chi connectivity index (χ0n) is 10.4. The number of rotatable bonds is 7. The van der Waals surface area contributed by atoms with E-state index >= 15 is 0 Å². The van der Waals surface area contributed by atoms with E-state index in [1.54, 1.807) is 7.11 Å². The molecule has 0 saturated carbocycles. The van der Waals surface area contributed by atoms with Crippen molar-refractivity contribution in [3.8, 4) is 0 Å². The third kappa shape index (κ3) is 4.23. The molecule has 1 aromatic heterocycles. The van der Waals surface area contributed by atoms with Gasteiger partial charge in [0.25, 0.3) is 5.69 Å². The molecule has 6 nitrogen and oxygen atoms in total. The van der Waals surface area contributed by atoms with Gasteiger partial charge in [0.05, 0.1) is 22.0 Å². The van der Waals surface area contributed by atoms with Crippen molar-refractivity contribution in [1.29, 1.82) is 0 Å². The minimum atomic E-state index is -0.472. The Kier molecular flexibility index (Phi) is 6.00. The summed E-state index contributed by atoms with van der Waals surface area (Å²) in [6.45, 7) is 2.65. The monoisotopic (exact) mass is 317 g/mol. The first-order valence-corrected chi connectivity index (χ1v) is 6.43. The summed E-state index contributed by atoms with van der Waals surface area (Å²) >= 11 is 3.28. The normalized spacial score (nSPS) is 12.2. The second-order valence-electron chi connectivity index (χ2n) is 3.87. The van der Waals surface area contributed by atoms with E-state index in [0.717, 1.165) is 12.8 Å². The van der Waals surface area contributed by atoms with Crippen molar-refractivity contribution in [1.82, 2.24) is 4.98 Å². The van der Waals surface area contributed by atoms with Crippen molar-refractivity contribution in [2.24, 2.45) is 0 Å². The van der Waals surface area contributed by atoms with Gasteiger partial charge in [0.2, 0.25) is 0 Å². The van der Waals surface area contributed by atoms with Gasteiger partial charge in [-0.2, -0.15) is 0 Å². The molecular formula is C11H16BrN3O3. The lowest BCUT2D eigenvalue weighted by molar-refractivity contribution is -0.385. The lowest BCUT2D eigenvalue weighted by atomic mass is 10.2. The minimum Gasteiger partial charge on any atom is -0.383 e. The number of hydrogen-bond acceptors (Lipinski definition) is 5. The van der Waals surface area contributed by atoms with Crippen molar-refractivity contribution >= 4 is 27.4 Å². The predicted octanol–water partition coefficient (Wildman–Crippen LogP) is 2.98. The highest BCUT2D eigenvalue weighted by atomic mass is 79.9. The molecule has 1 aromatic rings. The average molecular weight is 318 g/mol. The van der Waals surface area contributed by atoms with E-state index < -0.39 is 4.92 Å². The molecule has 1 unspecified atom stereocenters. The van der Waals surface area contributed by atoms with Crippen LogP contribution in [0.4, 0.5) is 11.5 Å². The number of ether oxygens (including phenoxy) is 1. The van der Waals surface area contributed by atoms with Crippen molar-refractivity contribution in [3.05, 3.63) is 26.9 Å². The minimum absolute atomic E-state index is 0.0359. The molecule has 0 spiro atoms. The third-order valence-corrected chi connectivity index (χ3v) is 2.99. The molecule has 1 heterocycles. The topological polar surface area (TPSA) is 77.3 Å². The maximum absolute atomic E-state index is 10.6. The fraction of sp³-hybridized carbons (Fsp3) is 0.545. The smallest absolute Gasteiger partial charge is 0.288 e. The Morgan fingerprint density at radius 3 is 2.89 bits per heavy atom. The largest absolute Gasteiger partial charge is 0.383 e. The molecule has 0 fully saturated rings. The highest BCUT2D eigenvalue weighted by molar-refractivity contribution is 9.10. The maximum atomic E-state index is 10.6. The molecule has 0 bridgehead atoms. The molecular weight excluding hydrogens is 302 g/mol. The van der Waals surface area contributed by atoms with Crippen molar-refractivity contribution in [3.63, 3.8) is 0 Å². The second-order valence-corrected chi connectivity index (χ2v) is 4.72. The van der Waals surface area contributed by atoms with E-state index in [1.165, 1.54) is 12.3 Å². The Balaban J connectivity index is 2.79. The number of pyridine rings is 1. The number of anilines is 1. The molecule has 0 amide bonds. The van der Waals surface area contributed by atoms with Crippen LogP contribution in [0.3, 0.4) is 0 Å². The summed E-state index contributed by atoms with van der Waals surface area (Å²) < 4.78 is 5.69. The summed E-state index contributed by atoms with van der Waals surface area (Å²) in [6, 6.07) is 1.58. The number of nitrogens with one attached hydrogen (secondary N) is 1. The molecule has 0 saturated heterocycles. The molecule has 7 heteroatoms. The van der Waals surface area contributed by atoms with Gasteiger partial charge in [0.1, 0.15) is 12.0 Å². The van der Waals surface area contributed by atoms with Crippen LogP contribution in [-0.2, 0) is 4.74 Å². The van der Waals surface area contributed by atoms with E-state index in [-0.39, 0.29) is 11.7 Å². The molecule has 0 aliphatic carbocycles. The van der Waals surface area contributed by atoms with E-state index in [9.17, 15) is 10.1 Å². The first-order valence-electron chi connectivity index (χ1n) is 5.63. The van der Waals surface area contributed by atoms with E-state index in [0.29, 0.717) is 16.9 Å². The second kappa shape index (κ2) is 7.27. The van der Waals surface area contributed by atoms with Gasteiger partial charge < -0.3 is 10.1 Å². The number of nitro groups is 1. The molecule has 1 atom stereocenters. The highest BCUT2D eigenvalue weighted by Crippen LogP contribution is 2.25. The number of nitrogens with zero attached hydrogens (tertiary/aromatic N) is 2. The number of halogens is 1. The average Bonchev–Trinajstić information content (AvgIpc) is 2.32. The molecule has 1 rings (SSSR count). The fourth-order valence-electron chi connectivity index (χ4n) is 1.57. The molecule has 0 aliphatic rings. The van der Waals surface area contributed by atoms with Gasteiger partial charge in [-0.15, -0.1) is 0 Å². The van der Waals surface area contributed by atoms with Crippen LogP contribution in [0.1, 0.15) is 19.8 Å². The van der Waals surface area contributed by atoms with Crippen LogP contribution < -0.4 is 5.32 Å². The molecule has 100 valence electrons. The summed E-state index contributed by atoms with van der Waals surface area (Å²) in [5.41, 5.74) is -0.0359. The summed E-state index contributed by atoms with van der Waals surface area (Å²) in [6.07, 6.45) is 3.20. The summed E-state index contributed by atoms with van der Waals surface area (Å²) in [7, 11) is 1.64. The number of hydrogen-bond donors (Lipinski definition) is 1. The zero-order chi connectivity index (χ0) is 13.5. The van der Waals surface area contributed by atoms with E-state index in [2.05, 4.69) is 33.2 Å². The van der Waals surface area contributed by atoms with Gasteiger partial charge in [-0.25, -0.2) is 4.98 Å². The van der Waals surface area contributed by atoms with Crippen LogP contribution in [0.25, 0.3) is 0 Å². The van der Waals surface area contributed by atoms with E-state index in [1.807, 2.05) is 0 Å². The molecule has 0 aliphatic heterocycles. The molecule has 0 aromatic carbocycles.